The van der Waals surface area contributed by atoms with E-state index in [2.05, 4.69) is 4.98 Å². The fraction of sp³-hybridized carbons (Fsp3) is 0.471. The van der Waals surface area contributed by atoms with E-state index < -0.39 is 20.0 Å². The van der Waals surface area contributed by atoms with Crippen LogP contribution in [0, 0.1) is 0 Å². The summed E-state index contributed by atoms with van der Waals surface area (Å²) in [7, 11) is -6.87. The third-order valence-corrected chi connectivity index (χ3v) is 10.3. The average Bonchev–Trinajstić information content (AvgIpc) is 3.42. The van der Waals surface area contributed by atoms with Crippen molar-refractivity contribution < 1.29 is 21.8 Å². The maximum absolute atomic E-state index is 12.6. The van der Waals surface area contributed by atoms with Crippen LogP contribution in [0.1, 0.15) is 12.8 Å². The number of hydrogen-bond donors (Lipinski definition) is 0. The molecular weight excluding hydrogens is 420 g/mol. The number of aromatic nitrogens is 1. The van der Waals surface area contributed by atoms with Crippen molar-refractivity contribution in [1.82, 2.24) is 8.61 Å². The monoisotopic (exact) mass is 443 g/mol. The Labute approximate surface area is 169 Å². The molecule has 4 rings (SSSR count). The van der Waals surface area contributed by atoms with E-state index in [0.29, 0.717) is 43.5 Å². The first-order valence-electron chi connectivity index (χ1n) is 9.19. The van der Waals surface area contributed by atoms with E-state index in [4.69, 9.17) is 0 Å². The number of H-pyrrole nitrogens is 1. The van der Waals surface area contributed by atoms with Crippen LogP contribution in [-0.2, 0) is 20.0 Å². The second-order valence-corrected chi connectivity index (χ2v) is 11.9. The van der Waals surface area contributed by atoms with Crippen molar-refractivity contribution in [2.24, 2.45) is 0 Å². The average molecular weight is 444 g/mol. The molecule has 0 bridgehead atoms. The zero-order valence-corrected chi connectivity index (χ0v) is 17.8. The molecular formula is C17H23N4O4S3+. The van der Waals surface area contributed by atoms with Gasteiger partial charge in [0.25, 0.3) is 15.8 Å². The van der Waals surface area contributed by atoms with Gasteiger partial charge in [-0.2, -0.15) is 8.61 Å². The van der Waals surface area contributed by atoms with Crippen LogP contribution in [0.4, 0.5) is 5.82 Å². The van der Waals surface area contributed by atoms with Crippen LogP contribution < -0.4 is 9.88 Å². The van der Waals surface area contributed by atoms with E-state index in [1.54, 1.807) is 29.6 Å². The minimum Gasteiger partial charge on any atom is -0.259 e. The van der Waals surface area contributed by atoms with Crippen molar-refractivity contribution in [3.8, 4) is 0 Å². The van der Waals surface area contributed by atoms with Gasteiger partial charge >= 0.3 is 0 Å². The minimum atomic E-state index is -3.44. The van der Waals surface area contributed by atoms with Gasteiger partial charge in [-0.1, -0.05) is 6.07 Å². The lowest BCUT2D eigenvalue weighted by molar-refractivity contribution is -0.367. The Morgan fingerprint density at radius 2 is 1.50 bits per heavy atom. The molecule has 2 aliphatic rings. The number of thiophene rings is 1. The summed E-state index contributed by atoms with van der Waals surface area (Å²) in [5.74, 6) is 0.786. The molecule has 0 spiro atoms. The summed E-state index contributed by atoms with van der Waals surface area (Å²) < 4.78 is 53.8. The van der Waals surface area contributed by atoms with E-state index >= 15 is 0 Å². The maximum Gasteiger partial charge on any atom is 0.274 e. The molecule has 4 heterocycles. The third kappa shape index (κ3) is 3.69. The molecule has 2 aliphatic heterocycles. The first-order valence-corrected chi connectivity index (χ1v) is 13.0. The summed E-state index contributed by atoms with van der Waals surface area (Å²) in [4.78, 5) is 5.37. The first-order chi connectivity index (χ1) is 13.4. The first kappa shape index (κ1) is 19.8. The van der Waals surface area contributed by atoms with E-state index in [9.17, 15) is 16.8 Å². The van der Waals surface area contributed by atoms with Crippen molar-refractivity contribution in [2.75, 3.05) is 44.2 Å². The highest BCUT2D eigenvalue weighted by Crippen LogP contribution is 2.24. The molecule has 8 nitrogen and oxygen atoms in total. The Kier molecular flexibility index (Phi) is 5.45. The summed E-state index contributed by atoms with van der Waals surface area (Å²) in [6, 6.07) is 6.74. The number of pyridine rings is 1. The number of rotatable bonds is 5. The predicted molar refractivity (Wildman–Crippen MR) is 106 cm³/mol. The van der Waals surface area contributed by atoms with Gasteiger partial charge in [0, 0.05) is 19.2 Å². The van der Waals surface area contributed by atoms with Crippen LogP contribution in [0.3, 0.4) is 0 Å². The van der Waals surface area contributed by atoms with Gasteiger partial charge in [-0.05, 0) is 30.4 Å². The lowest BCUT2D eigenvalue weighted by Crippen LogP contribution is -2.49. The summed E-state index contributed by atoms with van der Waals surface area (Å²) in [5, 5.41) is 1.76. The maximum atomic E-state index is 12.6. The van der Waals surface area contributed by atoms with Gasteiger partial charge in [0.05, 0.1) is 26.2 Å². The SMILES string of the molecule is O=S(=O)(c1ccc(N2CCN(S(=O)(=O)c3cccs3)CC2)[nH+]c1)N1CCCC1. The number of hydrogen-bond acceptors (Lipinski definition) is 6. The van der Waals surface area contributed by atoms with Crippen LogP contribution in [0.5, 0.6) is 0 Å². The number of aromatic amines is 1. The van der Waals surface area contributed by atoms with Crippen LogP contribution >= 0.6 is 11.3 Å². The van der Waals surface area contributed by atoms with Crippen molar-refractivity contribution in [3.05, 3.63) is 35.8 Å². The highest BCUT2D eigenvalue weighted by molar-refractivity contribution is 7.91. The molecule has 0 unspecified atom stereocenters. The second kappa shape index (κ2) is 7.71. The number of sulfonamides is 2. The number of anilines is 1. The Hall–Kier alpha value is -1.53. The van der Waals surface area contributed by atoms with Crippen molar-refractivity contribution >= 4 is 37.2 Å². The van der Waals surface area contributed by atoms with E-state index in [-0.39, 0.29) is 4.90 Å². The summed E-state index contributed by atoms with van der Waals surface area (Å²) in [6.07, 6.45) is 3.33. The molecule has 2 saturated heterocycles. The molecule has 0 atom stereocenters. The second-order valence-electron chi connectivity index (χ2n) is 6.84. The van der Waals surface area contributed by atoms with Gasteiger partial charge in [-0.3, -0.25) is 4.90 Å². The Morgan fingerprint density at radius 3 is 2.07 bits per heavy atom. The topological polar surface area (TPSA) is 92.1 Å². The normalized spacial score (nSPS) is 19.9. The molecule has 0 saturated carbocycles. The molecule has 2 fully saturated rings. The fourth-order valence-corrected chi connectivity index (χ4v) is 7.60. The standard InChI is InChI=1S/C17H22N4O4S3/c22-27(23,20-7-1-2-8-20)15-5-6-16(18-14-15)19-9-11-21(12-10-19)28(24,25)17-4-3-13-26-17/h3-6,13-14H,1-2,7-12H2/p+1. The largest absolute Gasteiger partial charge is 0.274 e. The lowest BCUT2D eigenvalue weighted by Gasteiger charge is -2.29. The highest BCUT2D eigenvalue weighted by atomic mass is 32.2. The summed E-state index contributed by atoms with van der Waals surface area (Å²) in [6.45, 7) is 3.01. The Morgan fingerprint density at radius 1 is 0.821 bits per heavy atom. The Balaban J connectivity index is 1.43. The van der Waals surface area contributed by atoms with Gasteiger partial charge in [-0.15, -0.1) is 11.3 Å². The molecule has 0 aliphatic carbocycles. The van der Waals surface area contributed by atoms with Crippen molar-refractivity contribution in [1.29, 1.82) is 0 Å². The van der Waals surface area contributed by atoms with Gasteiger partial charge < -0.3 is 0 Å². The van der Waals surface area contributed by atoms with Crippen LogP contribution in [-0.4, -0.2) is 64.7 Å². The minimum absolute atomic E-state index is 0.261. The summed E-state index contributed by atoms with van der Waals surface area (Å²) in [5.41, 5.74) is 0. The van der Waals surface area contributed by atoms with Crippen LogP contribution in [0.25, 0.3) is 0 Å². The molecule has 2 aromatic rings. The molecule has 0 aromatic carbocycles. The van der Waals surface area contributed by atoms with Crippen molar-refractivity contribution in [3.63, 3.8) is 0 Å². The molecule has 0 amide bonds. The predicted octanol–water partition coefficient (Wildman–Crippen LogP) is 0.858. The van der Waals surface area contributed by atoms with Crippen molar-refractivity contribution in [2.45, 2.75) is 21.9 Å². The fourth-order valence-electron chi connectivity index (χ4n) is 3.54. The smallest absolute Gasteiger partial charge is 0.259 e. The molecule has 0 radical (unpaired) electrons. The molecule has 11 heteroatoms. The van der Waals surface area contributed by atoms with Gasteiger partial charge in [-0.25, -0.2) is 21.8 Å². The van der Waals surface area contributed by atoms with E-state index in [1.165, 1.54) is 26.1 Å². The molecule has 28 heavy (non-hydrogen) atoms. The van der Waals surface area contributed by atoms with E-state index in [1.807, 2.05) is 4.90 Å². The highest BCUT2D eigenvalue weighted by Gasteiger charge is 2.33. The zero-order chi connectivity index (χ0) is 19.8. The van der Waals surface area contributed by atoms with Crippen LogP contribution in [0.15, 0.2) is 44.9 Å². The van der Waals surface area contributed by atoms with Gasteiger partial charge in [0.1, 0.15) is 15.3 Å². The van der Waals surface area contributed by atoms with Crippen LogP contribution in [0.2, 0.25) is 0 Å². The third-order valence-electron chi connectivity index (χ3n) is 5.14. The number of piperazine rings is 1. The van der Waals surface area contributed by atoms with Gasteiger partial charge in [0.2, 0.25) is 10.0 Å². The summed E-state index contributed by atoms with van der Waals surface area (Å²) >= 11 is 1.22. The number of nitrogens with one attached hydrogen (secondary N) is 1. The number of nitrogens with zero attached hydrogens (tertiary/aromatic N) is 3. The van der Waals surface area contributed by atoms with E-state index in [0.717, 1.165) is 18.7 Å². The quantitative estimate of drug-likeness (QED) is 0.683. The molecule has 152 valence electrons. The zero-order valence-electron chi connectivity index (χ0n) is 15.3. The lowest BCUT2D eigenvalue weighted by atomic mass is 10.3. The Bertz CT molecular complexity index is 1010. The molecule has 1 N–H and O–H groups in total. The molecule has 2 aromatic heterocycles. The van der Waals surface area contributed by atoms with Gasteiger partial charge in [0.15, 0.2) is 0 Å².